The Labute approximate surface area is 111 Å². The van der Waals surface area contributed by atoms with Gasteiger partial charge in [-0.1, -0.05) is 32.6 Å². The molecular weight excluding hydrogens is 228 g/mol. The molecule has 4 heteroatoms. The van der Waals surface area contributed by atoms with Gasteiger partial charge in [-0.15, -0.1) is 0 Å². The Balaban J connectivity index is 1.84. The molecule has 0 aromatic heterocycles. The van der Waals surface area contributed by atoms with Crippen LogP contribution in [0.4, 0.5) is 0 Å². The van der Waals surface area contributed by atoms with E-state index in [1.807, 2.05) is 0 Å². The van der Waals surface area contributed by atoms with E-state index >= 15 is 0 Å². The quantitative estimate of drug-likeness (QED) is 0.586. The van der Waals surface area contributed by atoms with Crippen LogP contribution in [-0.2, 0) is 9.53 Å². The van der Waals surface area contributed by atoms with Crippen LogP contribution < -0.4 is 10.6 Å². The molecule has 18 heavy (non-hydrogen) atoms. The first-order chi connectivity index (χ1) is 8.83. The number of rotatable bonds is 10. The first-order valence-corrected chi connectivity index (χ1v) is 7.42. The predicted molar refractivity (Wildman–Crippen MR) is 73.6 cm³/mol. The molecule has 0 radical (unpaired) electrons. The average Bonchev–Trinajstić information content (AvgIpc) is 2.87. The lowest BCUT2D eigenvalue weighted by Gasteiger charge is -2.10. The van der Waals surface area contributed by atoms with E-state index in [0.29, 0.717) is 12.6 Å². The minimum atomic E-state index is 0.100. The second-order valence-electron chi connectivity index (χ2n) is 5.03. The molecule has 2 N–H and O–H groups in total. The van der Waals surface area contributed by atoms with Gasteiger partial charge >= 0.3 is 0 Å². The number of unbranched alkanes of at least 4 members (excludes halogenated alkanes) is 4. The number of hydrogen-bond donors (Lipinski definition) is 2. The fraction of sp³-hybridized carbons (Fsp3) is 0.929. The van der Waals surface area contributed by atoms with Crippen LogP contribution >= 0.6 is 0 Å². The van der Waals surface area contributed by atoms with E-state index in [1.165, 1.54) is 25.7 Å². The zero-order chi connectivity index (χ0) is 13.1. The van der Waals surface area contributed by atoms with Crippen LogP contribution in [0.25, 0.3) is 0 Å². The summed E-state index contributed by atoms with van der Waals surface area (Å²) in [7, 11) is 0. The summed E-state index contributed by atoms with van der Waals surface area (Å²) in [5.41, 5.74) is 0. The molecule has 0 saturated carbocycles. The topological polar surface area (TPSA) is 50.4 Å². The van der Waals surface area contributed by atoms with Crippen LogP contribution in [0, 0.1) is 0 Å². The number of carbonyl (C=O) groups excluding carboxylic acids is 1. The number of amides is 1. The van der Waals surface area contributed by atoms with Crippen molar-refractivity contribution in [2.45, 2.75) is 58.0 Å². The molecular formula is C14H28N2O2. The highest BCUT2D eigenvalue weighted by Crippen LogP contribution is 2.10. The first kappa shape index (κ1) is 15.4. The van der Waals surface area contributed by atoms with Crippen molar-refractivity contribution in [3.8, 4) is 0 Å². The molecule has 1 aliphatic heterocycles. The van der Waals surface area contributed by atoms with Crippen molar-refractivity contribution in [2.75, 3.05) is 26.2 Å². The van der Waals surface area contributed by atoms with Crippen molar-refractivity contribution in [2.24, 2.45) is 0 Å². The lowest BCUT2D eigenvalue weighted by atomic mass is 10.1. The van der Waals surface area contributed by atoms with Crippen LogP contribution in [-0.4, -0.2) is 38.3 Å². The van der Waals surface area contributed by atoms with Gasteiger partial charge < -0.3 is 15.4 Å². The van der Waals surface area contributed by atoms with Gasteiger partial charge in [-0.25, -0.2) is 0 Å². The standard InChI is InChI=1S/C14H28N2O2/c1-2-3-4-5-6-9-16-14(17)12-15-11-13-8-7-10-18-13/h13,15H,2-12H2,1H3,(H,16,17). The maximum absolute atomic E-state index is 11.5. The summed E-state index contributed by atoms with van der Waals surface area (Å²) in [6, 6.07) is 0. The Morgan fingerprint density at radius 3 is 2.83 bits per heavy atom. The van der Waals surface area contributed by atoms with Crippen LogP contribution in [0.1, 0.15) is 51.9 Å². The van der Waals surface area contributed by atoms with Crippen molar-refractivity contribution < 1.29 is 9.53 Å². The van der Waals surface area contributed by atoms with Gasteiger partial charge in [0.25, 0.3) is 0 Å². The molecule has 1 aliphatic rings. The average molecular weight is 256 g/mol. The predicted octanol–water partition coefficient (Wildman–Crippen LogP) is 1.84. The molecule has 0 aliphatic carbocycles. The zero-order valence-electron chi connectivity index (χ0n) is 11.7. The van der Waals surface area contributed by atoms with E-state index in [0.717, 1.165) is 39.0 Å². The summed E-state index contributed by atoms with van der Waals surface area (Å²) < 4.78 is 5.48. The summed E-state index contributed by atoms with van der Waals surface area (Å²) >= 11 is 0. The number of carbonyl (C=O) groups is 1. The summed E-state index contributed by atoms with van der Waals surface area (Å²) in [4.78, 5) is 11.5. The molecule has 0 aromatic carbocycles. The van der Waals surface area contributed by atoms with Gasteiger partial charge in [-0.2, -0.15) is 0 Å². The van der Waals surface area contributed by atoms with Crippen molar-refractivity contribution in [3.05, 3.63) is 0 Å². The summed E-state index contributed by atoms with van der Waals surface area (Å²) in [5.74, 6) is 0.100. The van der Waals surface area contributed by atoms with Gasteiger partial charge in [-0.05, 0) is 19.3 Å². The second kappa shape index (κ2) is 10.3. The van der Waals surface area contributed by atoms with Crippen molar-refractivity contribution in [1.82, 2.24) is 10.6 Å². The minimum absolute atomic E-state index is 0.100. The van der Waals surface area contributed by atoms with E-state index in [2.05, 4.69) is 17.6 Å². The first-order valence-electron chi connectivity index (χ1n) is 7.42. The Kier molecular flexibility index (Phi) is 8.86. The molecule has 1 unspecified atom stereocenters. The van der Waals surface area contributed by atoms with Crippen LogP contribution in [0.5, 0.6) is 0 Å². The third-order valence-electron chi connectivity index (χ3n) is 3.28. The van der Waals surface area contributed by atoms with Gasteiger partial charge in [-0.3, -0.25) is 4.79 Å². The van der Waals surface area contributed by atoms with E-state index in [4.69, 9.17) is 4.74 Å². The Bertz CT molecular complexity index is 216. The lowest BCUT2D eigenvalue weighted by Crippen LogP contribution is -2.37. The smallest absolute Gasteiger partial charge is 0.233 e. The SMILES string of the molecule is CCCCCCCNC(=O)CNCC1CCCO1. The molecule has 0 aromatic rings. The minimum Gasteiger partial charge on any atom is -0.377 e. The van der Waals surface area contributed by atoms with Gasteiger partial charge in [0.05, 0.1) is 12.6 Å². The summed E-state index contributed by atoms with van der Waals surface area (Å²) in [5, 5.41) is 6.09. The van der Waals surface area contributed by atoms with E-state index in [1.54, 1.807) is 0 Å². The van der Waals surface area contributed by atoms with E-state index < -0.39 is 0 Å². The Morgan fingerprint density at radius 1 is 1.28 bits per heavy atom. The van der Waals surface area contributed by atoms with E-state index in [9.17, 15) is 4.79 Å². The maximum atomic E-state index is 11.5. The third-order valence-corrected chi connectivity index (χ3v) is 3.28. The van der Waals surface area contributed by atoms with Gasteiger partial charge in [0.1, 0.15) is 0 Å². The molecule has 106 valence electrons. The summed E-state index contributed by atoms with van der Waals surface area (Å²) in [6.45, 7) is 5.10. The largest absolute Gasteiger partial charge is 0.377 e. The lowest BCUT2D eigenvalue weighted by molar-refractivity contribution is -0.120. The van der Waals surface area contributed by atoms with Gasteiger partial charge in [0.15, 0.2) is 0 Å². The molecule has 1 amide bonds. The normalized spacial score (nSPS) is 19.1. The molecule has 1 saturated heterocycles. The van der Waals surface area contributed by atoms with Gasteiger partial charge in [0.2, 0.25) is 5.91 Å². The molecule has 0 spiro atoms. The maximum Gasteiger partial charge on any atom is 0.233 e. The number of nitrogens with one attached hydrogen (secondary N) is 2. The Morgan fingerprint density at radius 2 is 2.11 bits per heavy atom. The van der Waals surface area contributed by atoms with E-state index in [-0.39, 0.29) is 5.91 Å². The van der Waals surface area contributed by atoms with Gasteiger partial charge in [0, 0.05) is 19.7 Å². The number of hydrogen-bond acceptors (Lipinski definition) is 3. The zero-order valence-corrected chi connectivity index (χ0v) is 11.7. The number of ether oxygens (including phenoxy) is 1. The van der Waals surface area contributed by atoms with Crippen LogP contribution in [0.3, 0.4) is 0 Å². The third kappa shape index (κ3) is 7.67. The highest BCUT2D eigenvalue weighted by atomic mass is 16.5. The van der Waals surface area contributed by atoms with Crippen molar-refractivity contribution >= 4 is 5.91 Å². The fourth-order valence-corrected chi connectivity index (χ4v) is 2.17. The van der Waals surface area contributed by atoms with Crippen molar-refractivity contribution in [3.63, 3.8) is 0 Å². The highest BCUT2D eigenvalue weighted by molar-refractivity contribution is 5.77. The molecule has 0 bridgehead atoms. The fourth-order valence-electron chi connectivity index (χ4n) is 2.17. The monoisotopic (exact) mass is 256 g/mol. The second-order valence-corrected chi connectivity index (χ2v) is 5.03. The van der Waals surface area contributed by atoms with Crippen LogP contribution in [0.15, 0.2) is 0 Å². The van der Waals surface area contributed by atoms with Crippen LogP contribution in [0.2, 0.25) is 0 Å². The highest BCUT2D eigenvalue weighted by Gasteiger charge is 2.14. The molecule has 4 nitrogen and oxygen atoms in total. The molecule has 1 rings (SSSR count). The van der Waals surface area contributed by atoms with Crippen molar-refractivity contribution in [1.29, 1.82) is 0 Å². The Hall–Kier alpha value is -0.610. The molecule has 1 atom stereocenters. The summed E-state index contributed by atoms with van der Waals surface area (Å²) in [6.07, 6.45) is 8.74. The molecule has 1 heterocycles. The molecule has 1 fully saturated rings.